The van der Waals surface area contributed by atoms with Crippen molar-refractivity contribution in [1.82, 2.24) is 0 Å². The fraction of sp³-hybridized carbons (Fsp3) is 0.222. The number of halogens is 2. The zero-order chi connectivity index (χ0) is 18.3. The topological polar surface area (TPSA) is 70.3 Å². The Morgan fingerprint density at radius 1 is 1.21 bits per heavy atom. The summed E-state index contributed by atoms with van der Waals surface area (Å²) in [5.41, 5.74) is 0.592. The van der Waals surface area contributed by atoms with Crippen LogP contribution in [0.5, 0.6) is 5.75 Å². The number of aryl methyl sites for hydroxylation is 1. The number of hydrogen-bond donors (Lipinski definition) is 1. The summed E-state index contributed by atoms with van der Waals surface area (Å²) in [5, 5.41) is 17.5. The predicted molar refractivity (Wildman–Crippen MR) is 84.9 cm³/mol. The fourth-order valence-electron chi connectivity index (χ4n) is 1.90. The van der Waals surface area contributed by atoms with Gasteiger partial charge in [0.25, 0.3) is 0 Å². The summed E-state index contributed by atoms with van der Waals surface area (Å²) >= 11 is 0. The van der Waals surface area contributed by atoms with Crippen LogP contribution in [0, 0.1) is 29.9 Å². The molecule has 1 N–H and O–H groups in total. The highest BCUT2D eigenvalue weighted by atomic mass is 19.2. The summed E-state index contributed by atoms with van der Waals surface area (Å²) in [5.74, 6) is -4.65. The summed E-state index contributed by atoms with van der Waals surface area (Å²) in [6, 6.07) is 9.41. The first-order chi connectivity index (χ1) is 11.4. The number of nitrogens with zero attached hydrogens (tertiary/aromatic N) is 1. The minimum atomic E-state index is -1.54. The molecule has 2 aromatic carbocycles. The minimum absolute atomic E-state index is 0.0324. The van der Waals surface area contributed by atoms with Crippen molar-refractivity contribution in [3.05, 3.63) is 64.2 Å². The zero-order valence-corrected chi connectivity index (χ0v) is 13.6. The molecule has 0 radical (unpaired) electrons. The number of carbonyl (C=O) groups is 1. The second kappa shape index (κ2) is 8.63. The Bertz CT molecular complexity index is 765. The minimum Gasteiger partial charge on any atom is -0.485 e. The van der Waals surface area contributed by atoms with Gasteiger partial charge in [-0.3, -0.25) is 0 Å². The molecule has 0 unspecified atom stereocenters. The lowest BCUT2D eigenvalue weighted by Gasteiger charge is -2.12. The monoisotopic (exact) mass is 333 g/mol. The largest absolute Gasteiger partial charge is 0.485 e. The van der Waals surface area contributed by atoms with E-state index in [1.54, 1.807) is 24.3 Å². The number of rotatable bonds is 4. The lowest BCUT2D eigenvalue weighted by atomic mass is 10.1. The standard InChI is InChI=1S/C16H11F2NO3.C2H6/c1-9-6-12(16(20)21)13(17)14(18)15(9)22-8-11-4-2-10(7-19)3-5-11;1-2/h2-6H,8H2,1H3,(H,20,21);1-2H3. The van der Waals surface area contributed by atoms with Gasteiger partial charge in [0.15, 0.2) is 11.6 Å². The van der Waals surface area contributed by atoms with Gasteiger partial charge in [0.05, 0.1) is 17.2 Å². The van der Waals surface area contributed by atoms with Crippen molar-refractivity contribution in [3.63, 3.8) is 0 Å². The highest BCUT2D eigenvalue weighted by Gasteiger charge is 2.21. The molecule has 2 aromatic rings. The normalized spacial score (nSPS) is 9.50. The number of hydrogen-bond acceptors (Lipinski definition) is 3. The molecule has 4 nitrogen and oxygen atoms in total. The van der Waals surface area contributed by atoms with Crippen molar-refractivity contribution in [2.45, 2.75) is 27.4 Å². The molecule has 0 amide bonds. The van der Waals surface area contributed by atoms with Crippen LogP contribution in [0.1, 0.15) is 40.9 Å². The number of carboxylic acids is 1. The molecule has 0 aliphatic heterocycles. The van der Waals surface area contributed by atoms with Crippen LogP contribution in [0.3, 0.4) is 0 Å². The molecule has 0 aromatic heterocycles. The molecule has 0 saturated heterocycles. The second-order valence-corrected chi connectivity index (χ2v) is 4.60. The van der Waals surface area contributed by atoms with Crippen LogP contribution in [0.2, 0.25) is 0 Å². The van der Waals surface area contributed by atoms with Gasteiger partial charge in [-0.15, -0.1) is 0 Å². The van der Waals surface area contributed by atoms with Crippen LogP contribution in [-0.2, 0) is 6.61 Å². The summed E-state index contributed by atoms with van der Waals surface area (Å²) in [6.07, 6.45) is 0. The van der Waals surface area contributed by atoms with Gasteiger partial charge in [0, 0.05) is 0 Å². The Kier molecular flexibility index (Phi) is 6.87. The maximum atomic E-state index is 13.9. The van der Waals surface area contributed by atoms with Crippen molar-refractivity contribution in [2.75, 3.05) is 0 Å². The predicted octanol–water partition coefficient (Wildman–Crippen LogP) is 4.45. The lowest BCUT2D eigenvalue weighted by molar-refractivity contribution is 0.0690. The van der Waals surface area contributed by atoms with Crippen molar-refractivity contribution in [1.29, 1.82) is 5.26 Å². The molecule has 0 aliphatic rings. The van der Waals surface area contributed by atoms with E-state index in [2.05, 4.69) is 0 Å². The van der Waals surface area contributed by atoms with Crippen LogP contribution in [0.4, 0.5) is 8.78 Å². The van der Waals surface area contributed by atoms with Gasteiger partial charge in [-0.1, -0.05) is 26.0 Å². The molecule has 0 aliphatic carbocycles. The van der Waals surface area contributed by atoms with Crippen LogP contribution in [-0.4, -0.2) is 11.1 Å². The SMILES string of the molecule is CC.Cc1cc(C(=O)O)c(F)c(F)c1OCc1ccc(C#N)cc1. The van der Waals surface area contributed by atoms with E-state index in [-0.39, 0.29) is 17.9 Å². The Labute approximate surface area is 138 Å². The van der Waals surface area contributed by atoms with Crippen molar-refractivity contribution in [3.8, 4) is 11.8 Å². The number of ether oxygens (including phenoxy) is 1. The zero-order valence-electron chi connectivity index (χ0n) is 13.6. The molecule has 0 heterocycles. The molecule has 0 spiro atoms. The number of benzene rings is 2. The molecule has 0 saturated carbocycles. The first-order valence-electron chi connectivity index (χ1n) is 7.27. The van der Waals surface area contributed by atoms with Crippen LogP contribution in [0.25, 0.3) is 0 Å². The van der Waals surface area contributed by atoms with E-state index < -0.39 is 23.2 Å². The van der Waals surface area contributed by atoms with E-state index in [4.69, 9.17) is 15.1 Å². The van der Waals surface area contributed by atoms with E-state index in [0.29, 0.717) is 11.1 Å². The van der Waals surface area contributed by atoms with Gasteiger partial charge in [0.2, 0.25) is 5.82 Å². The first-order valence-corrected chi connectivity index (χ1v) is 7.27. The van der Waals surface area contributed by atoms with Gasteiger partial charge < -0.3 is 9.84 Å². The number of carboxylic acid groups (broad SMARTS) is 1. The summed E-state index contributed by atoms with van der Waals surface area (Å²) < 4.78 is 32.8. The smallest absolute Gasteiger partial charge is 0.338 e. The van der Waals surface area contributed by atoms with E-state index >= 15 is 0 Å². The number of aromatic carboxylic acids is 1. The maximum absolute atomic E-state index is 13.9. The second-order valence-electron chi connectivity index (χ2n) is 4.60. The van der Waals surface area contributed by atoms with Crippen LogP contribution in [0.15, 0.2) is 30.3 Å². The third-order valence-electron chi connectivity index (χ3n) is 3.04. The Hall–Kier alpha value is -2.94. The lowest BCUT2D eigenvalue weighted by Crippen LogP contribution is -2.07. The van der Waals surface area contributed by atoms with E-state index in [0.717, 1.165) is 6.07 Å². The fourth-order valence-corrected chi connectivity index (χ4v) is 1.90. The average Bonchev–Trinajstić information content (AvgIpc) is 2.60. The molecular weight excluding hydrogens is 316 g/mol. The maximum Gasteiger partial charge on any atom is 0.338 e. The Morgan fingerprint density at radius 2 is 1.79 bits per heavy atom. The van der Waals surface area contributed by atoms with Crippen LogP contribution < -0.4 is 4.74 Å². The molecule has 24 heavy (non-hydrogen) atoms. The van der Waals surface area contributed by atoms with Crippen LogP contribution >= 0.6 is 0 Å². The molecule has 126 valence electrons. The average molecular weight is 333 g/mol. The van der Waals surface area contributed by atoms with Crippen molar-refractivity contribution >= 4 is 5.97 Å². The highest BCUT2D eigenvalue weighted by molar-refractivity contribution is 5.88. The van der Waals surface area contributed by atoms with Gasteiger partial charge >= 0.3 is 5.97 Å². The molecule has 0 atom stereocenters. The van der Waals surface area contributed by atoms with Crippen molar-refractivity contribution < 1.29 is 23.4 Å². The summed E-state index contributed by atoms with van der Waals surface area (Å²) in [7, 11) is 0. The van der Waals surface area contributed by atoms with E-state index in [1.807, 2.05) is 19.9 Å². The van der Waals surface area contributed by atoms with Gasteiger partial charge in [-0.25, -0.2) is 9.18 Å². The summed E-state index contributed by atoms with van der Waals surface area (Å²) in [4.78, 5) is 10.8. The quantitative estimate of drug-likeness (QED) is 0.897. The molecule has 0 fully saturated rings. The Morgan fingerprint density at radius 3 is 2.29 bits per heavy atom. The van der Waals surface area contributed by atoms with E-state index in [9.17, 15) is 13.6 Å². The molecule has 0 bridgehead atoms. The third kappa shape index (κ3) is 4.29. The molecule has 2 rings (SSSR count). The first kappa shape index (κ1) is 19.1. The van der Waals surface area contributed by atoms with Crippen molar-refractivity contribution in [2.24, 2.45) is 0 Å². The molecule has 6 heteroatoms. The van der Waals surface area contributed by atoms with Gasteiger partial charge in [-0.05, 0) is 36.2 Å². The van der Waals surface area contributed by atoms with Gasteiger partial charge in [0.1, 0.15) is 6.61 Å². The third-order valence-corrected chi connectivity index (χ3v) is 3.04. The number of nitriles is 1. The Balaban J connectivity index is 0.00000139. The highest BCUT2D eigenvalue weighted by Crippen LogP contribution is 2.28. The van der Waals surface area contributed by atoms with Gasteiger partial charge in [-0.2, -0.15) is 9.65 Å². The molecular formula is C18H17F2NO3. The van der Waals surface area contributed by atoms with E-state index in [1.165, 1.54) is 6.92 Å². The summed E-state index contributed by atoms with van der Waals surface area (Å²) in [6.45, 7) is 5.40.